The van der Waals surface area contributed by atoms with Crippen molar-refractivity contribution in [2.75, 3.05) is 11.9 Å². The summed E-state index contributed by atoms with van der Waals surface area (Å²) in [5.41, 5.74) is 2.81. The molecule has 1 heterocycles. The topological polar surface area (TPSA) is 42.4 Å². The molecule has 0 spiro atoms. The number of amides is 1. The molecule has 0 unspecified atom stereocenters. The van der Waals surface area contributed by atoms with Crippen molar-refractivity contribution in [3.8, 4) is 16.9 Å². The Hall–Kier alpha value is -3.14. The molecule has 0 aliphatic heterocycles. The van der Waals surface area contributed by atoms with Crippen molar-refractivity contribution in [2.45, 2.75) is 0 Å². The zero-order chi connectivity index (χ0) is 16.1. The van der Waals surface area contributed by atoms with Gasteiger partial charge >= 0.3 is 6.09 Å². The molecule has 0 atom stereocenters. The third-order valence-corrected chi connectivity index (χ3v) is 3.47. The lowest BCUT2D eigenvalue weighted by atomic mass is 10.1. The molecule has 0 radical (unpaired) electrons. The summed E-state index contributed by atoms with van der Waals surface area (Å²) in [6.45, 7) is 0. The highest BCUT2D eigenvalue weighted by Crippen LogP contribution is 2.24. The standard InChI is InChI=1S/C19H16N2O2/c1-21(17-10-12-20-13-11-17)19(22)23-18-9-5-8-16(14-18)15-6-3-2-4-7-15/h2-14H,1H3. The Balaban J connectivity index is 1.77. The SMILES string of the molecule is CN(C(=O)Oc1cccc(-c2ccccc2)c1)c1ccncc1. The molecule has 114 valence electrons. The fourth-order valence-corrected chi connectivity index (χ4v) is 2.21. The largest absolute Gasteiger partial charge is 0.419 e. The van der Waals surface area contributed by atoms with E-state index in [-0.39, 0.29) is 0 Å². The first-order valence-corrected chi connectivity index (χ1v) is 7.25. The summed E-state index contributed by atoms with van der Waals surface area (Å²) in [4.78, 5) is 17.6. The molecular weight excluding hydrogens is 288 g/mol. The highest BCUT2D eigenvalue weighted by atomic mass is 16.6. The Bertz CT molecular complexity index is 789. The summed E-state index contributed by atoms with van der Waals surface area (Å²) in [7, 11) is 1.67. The van der Waals surface area contributed by atoms with Gasteiger partial charge in [-0.1, -0.05) is 42.5 Å². The maximum atomic E-state index is 12.2. The lowest BCUT2D eigenvalue weighted by Crippen LogP contribution is -2.29. The molecule has 1 amide bonds. The molecule has 0 saturated heterocycles. The van der Waals surface area contributed by atoms with E-state index < -0.39 is 6.09 Å². The number of anilines is 1. The van der Waals surface area contributed by atoms with Crippen LogP contribution in [0, 0.1) is 0 Å². The van der Waals surface area contributed by atoms with Gasteiger partial charge in [0.2, 0.25) is 0 Å². The second-order valence-corrected chi connectivity index (χ2v) is 5.03. The van der Waals surface area contributed by atoms with Crippen LogP contribution in [-0.2, 0) is 0 Å². The summed E-state index contributed by atoms with van der Waals surface area (Å²) in [6, 6.07) is 20.9. The summed E-state index contributed by atoms with van der Waals surface area (Å²) >= 11 is 0. The Morgan fingerprint density at radius 2 is 1.61 bits per heavy atom. The third kappa shape index (κ3) is 3.55. The number of pyridine rings is 1. The maximum Gasteiger partial charge on any atom is 0.419 e. The van der Waals surface area contributed by atoms with Crippen LogP contribution in [0.25, 0.3) is 11.1 Å². The molecule has 3 aromatic rings. The van der Waals surface area contributed by atoms with E-state index in [1.807, 2.05) is 48.5 Å². The van der Waals surface area contributed by atoms with Crippen molar-refractivity contribution in [3.05, 3.63) is 79.1 Å². The molecule has 0 aliphatic carbocycles. The fraction of sp³-hybridized carbons (Fsp3) is 0.0526. The predicted octanol–water partition coefficient (Wildman–Crippen LogP) is 4.38. The lowest BCUT2D eigenvalue weighted by Gasteiger charge is -2.16. The number of carbonyl (C=O) groups excluding carboxylic acids is 1. The van der Waals surface area contributed by atoms with Gasteiger partial charge < -0.3 is 4.74 Å². The zero-order valence-corrected chi connectivity index (χ0v) is 12.7. The van der Waals surface area contributed by atoms with Crippen LogP contribution >= 0.6 is 0 Å². The Labute approximate surface area is 135 Å². The minimum atomic E-state index is -0.443. The van der Waals surface area contributed by atoms with E-state index >= 15 is 0 Å². The van der Waals surface area contributed by atoms with Crippen LogP contribution in [0.5, 0.6) is 5.75 Å². The van der Waals surface area contributed by atoms with Crippen LogP contribution in [0.15, 0.2) is 79.1 Å². The Morgan fingerprint density at radius 3 is 2.35 bits per heavy atom. The van der Waals surface area contributed by atoms with Gasteiger partial charge in [-0.25, -0.2) is 4.79 Å². The number of benzene rings is 2. The van der Waals surface area contributed by atoms with Gasteiger partial charge in [0.05, 0.1) is 0 Å². The molecule has 1 aromatic heterocycles. The minimum absolute atomic E-state index is 0.443. The van der Waals surface area contributed by atoms with Crippen LogP contribution in [0.3, 0.4) is 0 Å². The average Bonchev–Trinajstić information content (AvgIpc) is 2.63. The van der Waals surface area contributed by atoms with E-state index in [0.29, 0.717) is 5.75 Å². The zero-order valence-electron chi connectivity index (χ0n) is 12.7. The molecular formula is C19H16N2O2. The Morgan fingerprint density at radius 1 is 0.913 bits per heavy atom. The minimum Gasteiger partial charge on any atom is -0.410 e. The monoisotopic (exact) mass is 304 g/mol. The van der Waals surface area contributed by atoms with Crippen LogP contribution < -0.4 is 9.64 Å². The lowest BCUT2D eigenvalue weighted by molar-refractivity contribution is 0.209. The number of hydrogen-bond donors (Lipinski definition) is 0. The predicted molar refractivity (Wildman–Crippen MR) is 90.5 cm³/mol. The summed E-state index contributed by atoms with van der Waals surface area (Å²) in [6.07, 6.45) is 2.82. The maximum absolute atomic E-state index is 12.2. The Kier molecular flexibility index (Phi) is 4.34. The first kappa shape index (κ1) is 14.8. The van der Waals surface area contributed by atoms with Gasteiger partial charge in [-0.3, -0.25) is 9.88 Å². The smallest absolute Gasteiger partial charge is 0.410 e. The molecule has 0 aliphatic rings. The van der Waals surface area contributed by atoms with Crippen LogP contribution in [0.4, 0.5) is 10.5 Å². The van der Waals surface area contributed by atoms with Crippen molar-refractivity contribution in [3.63, 3.8) is 0 Å². The molecule has 23 heavy (non-hydrogen) atoms. The van der Waals surface area contributed by atoms with Gasteiger partial charge in [-0.2, -0.15) is 0 Å². The summed E-state index contributed by atoms with van der Waals surface area (Å²) < 4.78 is 5.46. The van der Waals surface area contributed by atoms with Crippen molar-refractivity contribution >= 4 is 11.8 Å². The van der Waals surface area contributed by atoms with Gasteiger partial charge in [0, 0.05) is 25.1 Å². The highest BCUT2D eigenvalue weighted by Gasteiger charge is 2.13. The molecule has 0 saturated carbocycles. The average molecular weight is 304 g/mol. The van der Waals surface area contributed by atoms with E-state index in [4.69, 9.17) is 4.74 Å². The fourth-order valence-electron chi connectivity index (χ4n) is 2.21. The van der Waals surface area contributed by atoms with E-state index in [1.54, 1.807) is 37.6 Å². The number of ether oxygens (including phenoxy) is 1. The van der Waals surface area contributed by atoms with Crippen LogP contribution in [0.2, 0.25) is 0 Å². The van der Waals surface area contributed by atoms with Crippen molar-refractivity contribution in [1.29, 1.82) is 0 Å². The van der Waals surface area contributed by atoms with Crippen molar-refractivity contribution < 1.29 is 9.53 Å². The second-order valence-electron chi connectivity index (χ2n) is 5.03. The van der Waals surface area contributed by atoms with Crippen LogP contribution in [0.1, 0.15) is 0 Å². The van der Waals surface area contributed by atoms with E-state index in [1.165, 1.54) is 4.90 Å². The van der Waals surface area contributed by atoms with Gasteiger partial charge in [-0.15, -0.1) is 0 Å². The number of carbonyl (C=O) groups is 1. The van der Waals surface area contributed by atoms with Crippen molar-refractivity contribution in [1.82, 2.24) is 4.98 Å². The molecule has 4 nitrogen and oxygen atoms in total. The summed E-state index contributed by atoms with van der Waals surface area (Å²) in [5, 5.41) is 0. The highest BCUT2D eigenvalue weighted by molar-refractivity contribution is 5.88. The van der Waals surface area contributed by atoms with Gasteiger partial charge in [0.15, 0.2) is 0 Å². The van der Waals surface area contributed by atoms with E-state index in [2.05, 4.69) is 4.98 Å². The third-order valence-electron chi connectivity index (χ3n) is 3.47. The molecule has 2 aromatic carbocycles. The first-order valence-electron chi connectivity index (χ1n) is 7.25. The van der Waals surface area contributed by atoms with E-state index in [0.717, 1.165) is 16.8 Å². The number of nitrogens with zero attached hydrogens (tertiary/aromatic N) is 2. The number of aromatic nitrogens is 1. The molecule has 0 fully saturated rings. The molecule has 3 rings (SSSR count). The van der Waals surface area contributed by atoms with Gasteiger partial charge in [-0.05, 0) is 35.4 Å². The number of hydrogen-bond acceptors (Lipinski definition) is 3. The van der Waals surface area contributed by atoms with Gasteiger partial charge in [0.1, 0.15) is 5.75 Å². The summed E-state index contributed by atoms with van der Waals surface area (Å²) in [5.74, 6) is 0.511. The van der Waals surface area contributed by atoms with E-state index in [9.17, 15) is 4.79 Å². The molecule has 0 N–H and O–H groups in total. The van der Waals surface area contributed by atoms with Gasteiger partial charge in [0.25, 0.3) is 0 Å². The van der Waals surface area contributed by atoms with Crippen molar-refractivity contribution in [2.24, 2.45) is 0 Å². The van der Waals surface area contributed by atoms with Crippen LogP contribution in [-0.4, -0.2) is 18.1 Å². The molecule has 0 bridgehead atoms. The molecule has 4 heteroatoms. The normalized spacial score (nSPS) is 10.1. The number of rotatable bonds is 3. The second kappa shape index (κ2) is 6.75. The quantitative estimate of drug-likeness (QED) is 0.721. The first-order chi connectivity index (χ1) is 11.2.